The van der Waals surface area contributed by atoms with E-state index in [-0.39, 0.29) is 0 Å². The van der Waals surface area contributed by atoms with Gasteiger partial charge < -0.3 is 5.32 Å². The van der Waals surface area contributed by atoms with Crippen LogP contribution in [0.1, 0.15) is 38.8 Å². The van der Waals surface area contributed by atoms with Crippen LogP contribution >= 0.6 is 11.6 Å². The number of hydrogen-bond acceptors (Lipinski definition) is 3. The van der Waals surface area contributed by atoms with E-state index in [1.165, 1.54) is 12.8 Å². The van der Waals surface area contributed by atoms with Crippen LogP contribution in [0.3, 0.4) is 0 Å². The maximum Gasteiger partial charge on any atom is 0.126 e. The fourth-order valence-electron chi connectivity index (χ4n) is 2.38. The van der Waals surface area contributed by atoms with Gasteiger partial charge in [-0.1, -0.05) is 25.4 Å². The van der Waals surface area contributed by atoms with Crippen molar-refractivity contribution in [3.05, 3.63) is 22.8 Å². The van der Waals surface area contributed by atoms with Gasteiger partial charge in [-0.05, 0) is 50.4 Å². The number of likely N-dealkylation sites (tertiary alicyclic amines) is 1. The van der Waals surface area contributed by atoms with Crippen molar-refractivity contribution in [2.75, 3.05) is 25.0 Å². The summed E-state index contributed by atoms with van der Waals surface area (Å²) < 4.78 is 0. The second-order valence-electron chi connectivity index (χ2n) is 5.51. The van der Waals surface area contributed by atoms with Gasteiger partial charge >= 0.3 is 0 Å². The number of hydrogen-bond donors (Lipinski definition) is 1. The second-order valence-corrected chi connectivity index (χ2v) is 5.92. The fraction of sp³-hybridized carbons (Fsp3) is 0.667. The molecule has 0 unspecified atom stereocenters. The maximum atomic E-state index is 6.26. The van der Waals surface area contributed by atoms with E-state index in [2.05, 4.69) is 29.0 Å². The summed E-state index contributed by atoms with van der Waals surface area (Å²) in [6.07, 6.45) is 3.67. The minimum atomic E-state index is 0.778. The Balaban J connectivity index is 1.98. The second kappa shape index (κ2) is 7.11. The molecule has 1 aromatic rings. The molecule has 0 radical (unpaired) electrons. The van der Waals surface area contributed by atoms with Crippen molar-refractivity contribution in [3.8, 4) is 0 Å². The molecule has 0 bridgehead atoms. The van der Waals surface area contributed by atoms with E-state index >= 15 is 0 Å². The molecule has 1 saturated heterocycles. The number of aromatic nitrogens is 1. The highest BCUT2D eigenvalue weighted by Gasteiger charge is 2.17. The minimum absolute atomic E-state index is 0.778. The van der Waals surface area contributed by atoms with Crippen LogP contribution < -0.4 is 5.32 Å². The predicted molar refractivity (Wildman–Crippen MR) is 81.7 cm³/mol. The molecule has 1 N–H and O–H groups in total. The van der Waals surface area contributed by atoms with Gasteiger partial charge in [0.1, 0.15) is 5.82 Å². The zero-order chi connectivity index (χ0) is 13.7. The Hall–Kier alpha value is -0.800. The molecule has 0 aromatic carbocycles. The van der Waals surface area contributed by atoms with Crippen LogP contribution in [0, 0.1) is 5.92 Å². The Morgan fingerprint density at radius 1 is 1.37 bits per heavy atom. The highest BCUT2D eigenvalue weighted by Crippen LogP contribution is 2.22. The first kappa shape index (κ1) is 14.6. The number of rotatable bonds is 5. The third-order valence-electron chi connectivity index (χ3n) is 3.72. The van der Waals surface area contributed by atoms with Crippen LogP contribution in [0.25, 0.3) is 0 Å². The number of anilines is 1. The molecule has 2 rings (SSSR count). The first-order chi connectivity index (χ1) is 9.19. The first-order valence-corrected chi connectivity index (χ1v) is 7.68. The number of nitrogens with zero attached hydrogens (tertiary/aromatic N) is 2. The SMILES string of the molecule is CCCNc1ccc(Cl)c(CN2CCC(C)CC2)n1. The summed E-state index contributed by atoms with van der Waals surface area (Å²) in [7, 11) is 0. The lowest BCUT2D eigenvalue weighted by Crippen LogP contribution is -2.32. The van der Waals surface area contributed by atoms with Crippen molar-refractivity contribution >= 4 is 17.4 Å². The normalized spacial score (nSPS) is 17.6. The summed E-state index contributed by atoms with van der Waals surface area (Å²) in [4.78, 5) is 7.09. The molecular formula is C15H24ClN3. The minimum Gasteiger partial charge on any atom is -0.370 e. The molecule has 3 nitrogen and oxygen atoms in total. The molecule has 19 heavy (non-hydrogen) atoms. The van der Waals surface area contributed by atoms with Crippen LogP contribution in [-0.2, 0) is 6.54 Å². The van der Waals surface area contributed by atoms with Gasteiger partial charge in [0, 0.05) is 13.1 Å². The molecule has 1 aliphatic rings. The highest BCUT2D eigenvalue weighted by atomic mass is 35.5. The summed E-state index contributed by atoms with van der Waals surface area (Å²) in [6, 6.07) is 3.91. The summed E-state index contributed by atoms with van der Waals surface area (Å²) in [6.45, 7) is 8.62. The molecular weight excluding hydrogens is 258 g/mol. The van der Waals surface area contributed by atoms with Crippen LogP contribution in [0.15, 0.2) is 12.1 Å². The Morgan fingerprint density at radius 3 is 2.79 bits per heavy atom. The zero-order valence-electron chi connectivity index (χ0n) is 12.0. The van der Waals surface area contributed by atoms with Crippen molar-refractivity contribution in [2.45, 2.75) is 39.7 Å². The molecule has 0 atom stereocenters. The van der Waals surface area contributed by atoms with Gasteiger partial charge in [0.15, 0.2) is 0 Å². The Bertz CT molecular complexity index is 400. The summed E-state index contributed by atoms with van der Waals surface area (Å²) in [5, 5.41) is 4.10. The summed E-state index contributed by atoms with van der Waals surface area (Å²) >= 11 is 6.26. The van der Waals surface area contributed by atoms with E-state index in [1.54, 1.807) is 0 Å². The van der Waals surface area contributed by atoms with E-state index in [0.717, 1.165) is 55.1 Å². The largest absolute Gasteiger partial charge is 0.370 e. The van der Waals surface area contributed by atoms with Crippen molar-refractivity contribution in [1.82, 2.24) is 9.88 Å². The lowest BCUT2D eigenvalue weighted by molar-refractivity contribution is 0.183. The molecule has 1 fully saturated rings. The van der Waals surface area contributed by atoms with Crippen molar-refractivity contribution in [3.63, 3.8) is 0 Å². The average Bonchev–Trinajstić information content (AvgIpc) is 2.42. The van der Waals surface area contributed by atoms with Gasteiger partial charge in [0.25, 0.3) is 0 Å². The van der Waals surface area contributed by atoms with Gasteiger partial charge in [-0.25, -0.2) is 4.98 Å². The quantitative estimate of drug-likeness (QED) is 0.890. The zero-order valence-corrected chi connectivity index (χ0v) is 12.7. The molecule has 1 aromatic heterocycles. The van der Waals surface area contributed by atoms with E-state index in [1.807, 2.05) is 12.1 Å². The fourth-order valence-corrected chi connectivity index (χ4v) is 2.54. The van der Waals surface area contributed by atoms with Crippen molar-refractivity contribution < 1.29 is 0 Å². The van der Waals surface area contributed by atoms with Crippen LogP contribution in [-0.4, -0.2) is 29.5 Å². The van der Waals surface area contributed by atoms with Crippen molar-refractivity contribution in [1.29, 1.82) is 0 Å². The summed E-state index contributed by atoms with van der Waals surface area (Å²) in [5.74, 6) is 1.80. The lowest BCUT2D eigenvalue weighted by Gasteiger charge is -2.30. The Kier molecular flexibility index (Phi) is 5.46. The molecule has 0 spiro atoms. The molecule has 4 heteroatoms. The van der Waals surface area contributed by atoms with E-state index in [0.29, 0.717) is 0 Å². The van der Waals surface area contributed by atoms with Gasteiger partial charge in [0.2, 0.25) is 0 Å². The smallest absolute Gasteiger partial charge is 0.126 e. The average molecular weight is 282 g/mol. The number of nitrogens with one attached hydrogen (secondary N) is 1. The van der Waals surface area contributed by atoms with Crippen LogP contribution in [0.2, 0.25) is 5.02 Å². The Labute approximate surface area is 121 Å². The van der Waals surface area contributed by atoms with Gasteiger partial charge in [0.05, 0.1) is 10.7 Å². The third-order valence-corrected chi connectivity index (χ3v) is 4.07. The maximum absolute atomic E-state index is 6.26. The topological polar surface area (TPSA) is 28.2 Å². The third kappa shape index (κ3) is 4.36. The summed E-state index contributed by atoms with van der Waals surface area (Å²) in [5.41, 5.74) is 0.998. The van der Waals surface area contributed by atoms with Gasteiger partial charge in [-0.2, -0.15) is 0 Å². The number of piperidine rings is 1. The van der Waals surface area contributed by atoms with Crippen LogP contribution in [0.4, 0.5) is 5.82 Å². The van der Waals surface area contributed by atoms with E-state index < -0.39 is 0 Å². The Morgan fingerprint density at radius 2 is 2.11 bits per heavy atom. The molecule has 1 aliphatic heterocycles. The number of pyridine rings is 1. The molecule has 106 valence electrons. The molecule has 0 saturated carbocycles. The lowest BCUT2D eigenvalue weighted by atomic mass is 9.99. The molecule has 0 aliphatic carbocycles. The van der Waals surface area contributed by atoms with E-state index in [9.17, 15) is 0 Å². The van der Waals surface area contributed by atoms with Crippen molar-refractivity contribution in [2.24, 2.45) is 5.92 Å². The highest BCUT2D eigenvalue weighted by molar-refractivity contribution is 6.31. The molecule has 0 amide bonds. The van der Waals surface area contributed by atoms with Gasteiger partial charge in [-0.15, -0.1) is 0 Å². The van der Waals surface area contributed by atoms with E-state index in [4.69, 9.17) is 11.6 Å². The standard InChI is InChI=1S/C15H24ClN3/c1-3-8-17-15-5-4-13(16)14(18-15)11-19-9-6-12(2)7-10-19/h4-5,12H,3,6-11H2,1-2H3,(H,17,18). The van der Waals surface area contributed by atoms with Gasteiger partial charge in [-0.3, -0.25) is 4.90 Å². The predicted octanol–water partition coefficient (Wildman–Crippen LogP) is 3.79. The monoisotopic (exact) mass is 281 g/mol. The number of halogens is 1. The van der Waals surface area contributed by atoms with Crippen LogP contribution in [0.5, 0.6) is 0 Å². The molecule has 2 heterocycles. The first-order valence-electron chi connectivity index (χ1n) is 7.30.